The number of nitrogens with zero attached hydrogens (tertiary/aromatic N) is 3. The molecule has 0 saturated carbocycles. The fraction of sp³-hybridized carbons (Fsp3) is 0.200. The van der Waals surface area contributed by atoms with Gasteiger partial charge < -0.3 is 9.30 Å². The molecule has 15 heavy (non-hydrogen) atoms. The first-order valence-corrected chi connectivity index (χ1v) is 4.78. The summed E-state index contributed by atoms with van der Waals surface area (Å²) in [6.07, 6.45) is 1.64. The Balaban J connectivity index is 2.58. The quantitative estimate of drug-likeness (QED) is 0.783. The van der Waals surface area contributed by atoms with Crippen LogP contribution in [-0.2, 0) is 7.05 Å². The van der Waals surface area contributed by atoms with E-state index < -0.39 is 0 Å². The van der Waals surface area contributed by atoms with Crippen molar-refractivity contribution in [3.8, 4) is 17.1 Å². The van der Waals surface area contributed by atoms with Crippen molar-refractivity contribution in [3.63, 3.8) is 0 Å². The number of benzene rings is 1. The van der Waals surface area contributed by atoms with Gasteiger partial charge >= 0.3 is 0 Å². The van der Waals surface area contributed by atoms with E-state index in [9.17, 15) is 0 Å². The largest absolute Gasteiger partial charge is 0.496 e. The molecule has 0 atom stereocenters. The zero-order valence-corrected chi connectivity index (χ0v) is 9.19. The third-order valence-electron chi connectivity index (χ3n) is 2.12. The van der Waals surface area contributed by atoms with E-state index in [1.165, 1.54) is 0 Å². The molecule has 2 rings (SSSR count). The van der Waals surface area contributed by atoms with Gasteiger partial charge in [0.2, 0.25) is 0 Å². The summed E-state index contributed by atoms with van der Waals surface area (Å²) >= 11 is 5.87. The minimum absolute atomic E-state index is 0.637. The van der Waals surface area contributed by atoms with Crippen LogP contribution in [0.3, 0.4) is 0 Å². The highest BCUT2D eigenvalue weighted by molar-refractivity contribution is 6.30. The first kappa shape index (κ1) is 9.98. The molecule has 1 heterocycles. The maximum atomic E-state index is 5.87. The van der Waals surface area contributed by atoms with Crippen molar-refractivity contribution in [2.75, 3.05) is 7.11 Å². The number of aryl methyl sites for hydroxylation is 1. The van der Waals surface area contributed by atoms with Crippen LogP contribution in [0.4, 0.5) is 0 Å². The monoisotopic (exact) mass is 223 g/mol. The van der Waals surface area contributed by atoms with Gasteiger partial charge in [-0.1, -0.05) is 11.6 Å². The lowest BCUT2D eigenvalue weighted by atomic mass is 10.2. The average molecular weight is 224 g/mol. The smallest absolute Gasteiger partial charge is 0.167 e. The van der Waals surface area contributed by atoms with E-state index in [1.807, 2.05) is 17.7 Å². The Labute approximate surface area is 92.5 Å². The molecule has 4 nitrogen and oxygen atoms in total. The van der Waals surface area contributed by atoms with E-state index >= 15 is 0 Å². The van der Waals surface area contributed by atoms with Crippen LogP contribution >= 0.6 is 11.6 Å². The van der Waals surface area contributed by atoms with Gasteiger partial charge in [-0.3, -0.25) is 0 Å². The van der Waals surface area contributed by atoms with E-state index in [4.69, 9.17) is 16.3 Å². The van der Waals surface area contributed by atoms with Crippen LogP contribution in [-0.4, -0.2) is 21.9 Å². The molecule has 0 amide bonds. The van der Waals surface area contributed by atoms with Gasteiger partial charge in [0.15, 0.2) is 5.82 Å². The molecule has 0 spiro atoms. The molecule has 0 N–H and O–H groups in total. The fourth-order valence-electron chi connectivity index (χ4n) is 1.38. The number of methoxy groups -OCH3 is 1. The molecule has 0 aliphatic rings. The topological polar surface area (TPSA) is 39.9 Å². The summed E-state index contributed by atoms with van der Waals surface area (Å²) in [7, 11) is 3.48. The lowest BCUT2D eigenvalue weighted by Gasteiger charge is -2.07. The summed E-state index contributed by atoms with van der Waals surface area (Å²) in [5.41, 5.74) is 0.877. The summed E-state index contributed by atoms with van der Waals surface area (Å²) in [6, 6.07) is 5.42. The minimum atomic E-state index is 0.637. The van der Waals surface area contributed by atoms with Crippen LogP contribution < -0.4 is 4.74 Å². The SMILES string of the molecule is COc1cc(Cl)ccc1-c1nncn1C. The zero-order chi connectivity index (χ0) is 10.8. The number of ether oxygens (including phenoxy) is 1. The Bertz CT molecular complexity index is 481. The van der Waals surface area contributed by atoms with Crippen molar-refractivity contribution in [2.45, 2.75) is 0 Å². The van der Waals surface area contributed by atoms with E-state index in [-0.39, 0.29) is 0 Å². The molecule has 0 aliphatic carbocycles. The highest BCUT2D eigenvalue weighted by atomic mass is 35.5. The van der Waals surface area contributed by atoms with E-state index in [0.29, 0.717) is 10.8 Å². The van der Waals surface area contributed by atoms with Crippen LogP contribution in [0.1, 0.15) is 0 Å². The highest BCUT2D eigenvalue weighted by Gasteiger charge is 2.10. The molecule has 1 aromatic heterocycles. The predicted octanol–water partition coefficient (Wildman–Crippen LogP) is 2.14. The van der Waals surface area contributed by atoms with Gasteiger partial charge in [0.1, 0.15) is 12.1 Å². The molecule has 0 fully saturated rings. The van der Waals surface area contributed by atoms with E-state index in [0.717, 1.165) is 11.4 Å². The number of halogens is 1. The standard InChI is InChI=1S/C10H10ClN3O/c1-14-6-12-13-10(14)8-4-3-7(11)5-9(8)15-2/h3-6H,1-2H3. The molecule has 0 unspecified atom stereocenters. The fourth-order valence-corrected chi connectivity index (χ4v) is 1.54. The van der Waals surface area contributed by atoms with Crippen LogP contribution in [0, 0.1) is 0 Å². The second-order valence-electron chi connectivity index (χ2n) is 3.11. The van der Waals surface area contributed by atoms with Crippen LogP contribution in [0.5, 0.6) is 5.75 Å². The molecule has 78 valence electrons. The van der Waals surface area contributed by atoms with Gasteiger partial charge in [0, 0.05) is 12.1 Å². The van der Waals surface area contributed by atoms with E-state index in [2.05, 4.69) is 10.2 Å². The molecule has 2 aromatic rings. The molecule has 1 aromatic carbocycles. The van der Waals surface area contributed by atoms with Gasteiger partial charge in [-0.05, 0) is 18.2 Å². The average Bonchev–Trinajstić information content (AvgIpc) is 2.64. The Kier molecular flexibility index (Phi) is 2.60. The molecule has 5 heteroatoms. The highest BCUT2D eigenvalue weighted by Crippen LogP contribution is 2.30. The van der Waals surface area contributed by atoms with Gasteiger partial charge in [-0.25, -0.2) is 0 Å². The number of hydrogen-bond acceptors (Lipinski definition) is 3. The van der Waals surface area contributed by atoms with Crippen molar-refractivity contribution in [3.05, 3.63) is 29.5 Å². The molecule has 0 radical (unpaired) electrons. The zero-order valence-electron chi connectivity index (χ0n) is 8.44. The normalized spacial score (nSPS) is 10.3. The first-order chi connectivity index (χ1) is 7.22. The molecule has 0 saturated heterocycles. The number of hydrogen-bond donors (Lipinski definition) is 0. The van der Waals surface area contributed by atoms with Crippen molar-refractivity contribution < 1.29 is 4.74 Å². The summed E-state index contributed by atoms with van der Waals surface area (Å²) in [6.45, 7) is 0. The maximum Gasteiger partial charge on any atom is 0.167 e. The van der Waals surface area contributed by atoms with Gasteiger partial charge in [-0.15, -0.1) is 10.2 Å². The molecule has 0 bridgehead atoms. The summed E-state index contributed by atoms with van der Waals surface area (Å²) in [5.74, 6) is 1.45. The van der Waals surface area contributed by atoms with Crippen LogP contribution in [0.2, 0.25) is 5.02 Å². The third kappa shape index (κ3) is 1.80. The lowest BCUT2D eigenvalue weighted by molar-refractivity contribution is 0.416. The van der Waals surface area contributed by atoms with Crippen molar-refractivity contribution in [2.24, 2.45) is 7.05 Å². The third-order valence-corrected chi connectivity index (χ3v) is 2.35. The second kappa shape index (κ2) is 3.90. The van der Waals surface area contributed by atoms with Gasteiger partial charge in [-0.2, -0.15) is 0 Å². The lowest BCUT2D eigenvalue weighted by Crippen LogP contribution is -1.94. The Morgan fingerprint density at radius 2 is 2.20 bits per heavy atom. The van der Waals surface area contributed by atoms with Crippen LogP contribution in [0.15, 0.2) is 24.5 Å². The summed E-state index contributed by atoms with van der Waals surface area (Å²) in [5, 5.41) is 8.47. The Morgan fingerprint density at radius 3 is 2.80 bits per heavy atom. The van der Waals surface area contributed by atoms with Gasteiger partial charge in [0.25, 0.3) is 0 Å². The Hall–Kier alpha value is -1.55. The first-order valence-electron chi connectivity index (χ1n) is 4.40. The minimum Gasteiger partial charge on any atom is -0.496 e. The Morgan fingerprint density at radius 1 is 1.40 bits per heavy atom. The van der Waals surface area contributed by atoms with E-state index in [1.54, 1.807) is 25.6 Å². The number of aromatic nitrogens is 3. The van der Waals surface area contributed by atoms with Crippen LogP contribution in [0.25, 0.3) is 11.4 Å². The summed E-state index contributed by atoms with van der Waals surface area (Å²) < 4.78 is 7.06. The predicted molar refractivity (Wildman–Crippen MR) is 58.0 cm³/mol. The number of rotatable bonds is 2. The van der Waals surface area contributed by atoms with Crippen molar-refractivity contribution in [1.29, 1.82) is 0 Å². The van der Waals surface area contributed by atoms with Crippen molar-refractivity contribution in [1.82, 2.24) is 14.8 Å². The maximum absolute atomic E-state index is 5.87. The van der Waals surface area contributed by atoms with Crippen molar-refractivity contribution >= 4 is 11.6 Å². The van der Waals surface area contributed by atoms with Gasteiger partial charge in [0.05, 0.1) is 12.7 Å². The second-order valence-corrected chi connectivity index (χ2v) is 3.55. The molecule has 0 aliphatic heterocycles. The summed E-state index contributed by atoms with van der Waals surface area (Å²) in [4.78, 5) is 0. The molecular formula is C10H10ClN3O. The molecular weight excluding hydrogens is 214 g/mol.